The molecule has 3 rings (SSSR count). The van der Waals surface area contributed by atoms with Gasteiger partial charge in [-0.3, -0.25) is 10.1 Å². The lowest BCUT2D eigenvalue weighted by Crippen LogP contribution is -1.97. The first kappa shape index (κ1) is 12.9. The summed E-state index contributed by atoms with van der Waals surface area (Å²) < 4.78 is 1.18. The van der Waals surface area contributed by atoms with E-state index in [0.717, 1.165) is 11.1 Å². The van der Waals surface area contributed by atoms with Crippen molar-refractivity contribution in [2.45, 2.75) is 0 Å². The van der Waals surface area contributed by atoms with Crippen LogP contribution in [0.4, 0.5) is 17.1 Å². The number of hydrogen-bond donors (Lipinski definition) is 1. The van der Waals surface area contributed by atoms with Crippen molar-refractivity contribution in [2.24, 2.45) is 0 Å². The number of nitro groups is 1. The molecule has 0 radical (unpaired) electrons. The number of para-hydroxylation sites is 1. The highest BCUT2D eigenvalue weighted by molar-refractivity contribution is 7.17. The van der Waals surface area contributed by atoms with Gasteiger partial charge in [-0.2, -0.15) is 0 Å². The standard InChI is InChI=1S/C14H9ClN2O2S/c15-11-2-1-3-12(14(11)17(18)19)16-10-4-5-13-9(8-10)6-7-20-13/h1-8,16H. The van der Waals surface area contributed by atoms with Gasteiger partial charge >= 0.3 is 5.69 Å². The van der Waals surface area contributed by atoms with Crippen molar-refractivity contribution in [1.29, 1.82) is 0 Å². The monoisotopic (exact) mass is 304 g/mol. The maximum absolute atomic E-state index is 11.1. The zero-order chi connectivity index (χ0) is 14.1. The summed E-state index contributed by atoms with van der Waals surface area (Å²) in [6.07, 6.45) is 0. The molecular weight excluding hydrogens is 296 g/mol. The molecule has 0 bridgehead atoms. The lowest BCUT2D eigenvalue weighted by atomic mass is 10.2. The molecular formula is C14H9ClN2O2S. The third kappa shape index (κ3) is 2.33. The van der Waals surface area contributed by atoms with Crippen molar-refractivity contribution in [2.75, 3.05) is 5.32 Å². The van der Waals surface area contributed by atoms with Gasteiger partial charge < -0.3 is 5.32 Å². The zero-order valence-corrected chi connectivity index (χ0v) is 11.7. The van der Waals surface area contributed by atoms with Crippen LogP contribution in [0.2, 0.25) is 5.02 Å². The second-order valence-electron chi connectivity index (χ2n) is 4.19. The first-order valence-corrected chi connectivity index (χ1v) is 7.08. The van der Waals surface area contributed by atoms with Gasteiger partial charge in [-0.15, -0.1) is 11.3 Å². The van der Waals surface area contributed by atoms with E-state index in [2.05, 4.69) is 5.32 Å². The van der Waals surface area contributed by atoms with Gasteiger partial charge in [0.1, 0.15) is 10.7 Å². The number of thiophene rings is 1. The average molecular weight is 305 g/mol. The molecule has 1 N–H and O–H groups in total. The molecule has 20 heavy (non-hydrogen) atoms. The Balaban J connectivity index is 2.02. The van der Waals surface area contributed by atoms with E-state index in [1.54, 1.807) is 23.5 Å². The smallest absolute Gasteiger partial charge is 0.311 e. The van der Waals surface area contributed by atoms with E-state index in [9.17, 15) is 10.1 Å². The minimum atomic E-state index is -0.478. The number of halogens is 1. The summed E-state index contributed by atoms with van der Waals surface area (Å²) >= 11 is 7.54. The molecule has 0 spiro atoms. The summed E-state index contributed by atoms with van der Waals surface area (Å²) in [5.41, 5.74) is 1.07. The topological polar surface area (TPSA) is 55.2 Å². The van der Waals surface area contributed by atoms with E-state index in [1.807, 2.05) is 29.6 Å². The van der Waals surface area contributed by atoms with Crippen LogP contribution in [0.15, 0.2) is 47.8 Å². The molecule has 1 heterocycles. The highest BCUT2D eigenvalue weighted by Gasteiger charge is 2.18. The zero-order valence-electron chi connectivity index (χ0n) is 10.2. The summed E-state index contributed by atoms with van der Waals surface area (Å²) in [5.74, 6) is 0. The lowest BCUT2D eigenvalue weighted by Gasteiger charge is -2.08. The predicted octanol–water partition coefficient (Wildman–Crippen LogP) is 5.21. The van der Waals surface area contributed by atoms with Gasteiger partial charge in [-0.05, 0) is 47.2 Å². The fraction of sp³-hybridized carbons (Fsp3) is 0. The summed E-state index contributed by atoms with van der Waals surface area (Å²) in [5, 5.41) is 17.4. The molecule has 4 nitrogen and oxygen atoms in total. The van der Waals surface area contributed by atoms with Crippen LogP contribution in [-0.4, -0.2) is 4.92 Å². The van der Waals surface area contributed by atoms with Crippen molar-refractivity contribution in [3.05, 3.63) is 63.0 Å². The molecule has 0 saturated heterocycles. The third-order valence-corrected chi connectivity index (χ3v) is 4.10. The second-order valence-corrected chi connectivity index (χ2v) is 5.55. The summed E-state index contributed by atoms with van der Waals surface area (Å²) in [6, 6.07) is 12.7. The number of benzene rings is 2. The highest BCUT2D eigenvalue weighted by Crippen LogP contribution is 2.35. The number of anilines is 2. The van der Waals surface area contributed by atoms with Gasteiger partial charge in [0.25, 0.3) is 0 Å². The van der Waals surface area contributed by atoms with Gasteiger partial charge in [-0.25, -0.2) is 0 Å². The summed E-state index contributed by atoms with van der Waals surface area (Å²) in [6.45, 7) is 0. The Morgan fingerprint density at radius 3 is 2.85 bits per heavy atom. The quantitative estimate of drug-likeness (QED) is 0.534. The maximum atomic E-state index is 11.1. The molecule has 0 atom stereocenters. The van der Waals surface area contributed by atoms with Crippen LogP contribution in [-0.2, 0) is 0 Å². The molecule has 2 aromatic carbocycles. The van der Waals surface area contributed by atoms with E-state index in [-0.39, 0.29) is 10.7 Å². The fourth-order valence-corrected chi connectivity index (χ4v) is 3.02. The van der Waals surface area contributed by atoms with Gasteiger partial charge in [0.15, 0.2) is 0 Å². The van der Waals surface area contributed by atoms with Crippen LogP contribution in [0.3, 0.4) is 0 Å². The van der Waals surface area contributed by atoms with Crippen LogP contribution >= 0.6 is 22.9 Å². The maximum Gasteiger partial charge on any atom is 0.311 e. The lowest BCUT2D eigenvalue weighted by molar-refractivity contribution is -0.383. The Hall–Kier alpha value is -2.11. The second kappa shape index (κ2) is 5.11. The predicted molar refractivity (Wildman–Crippen MR) is 83.2 cm³/mol. The van der Waals surface area contributed by atoms with Crippen LogP contribution in [0, 0.1) is 10.1 Å². The molecule has 0 aliphatic rings. The average Bonchev–Trinajstić information content (AvgIpc) is 2.85. The van der Waals surface area contributed by atoms with Crippen molar-refractivity contribution in [3.8, 4) is 0 Å². The Labute approximate surface area is 123 Å². The van der Waals surface area contributed by atoms with Crippen LogP contribution in [0.1, 0.15) is 0 Å². The van der Waals surface area contributed by atoms with E-state index in [1.165, 1.54) is 10.8 Å². The van der Waals surface area contributed by atoms with Crippen molar-refractivity contribution in [1.82, 2.24) is 0 Å². The number of hydrogen-bond acceptors (Lipinski definition) is 4. The Kier molecular flexibility index (Phi) is 3.30. The number of nitro benzene ring substituents is 1. The third-order valence-electron chi connectivity index (χ3n) is 2.90. The molecule has 6 heteroatoms. The number of rotatable bonds is 3. The Bertz CT molecular complexity index is 801. The van der Waals surface area contributed by atoms with Crippen molar-refractivity contribution in [3.63, 3.8) is 0 Å². The molecule has 0 saturated carbocycles. The molecule has 0 aliphatic heterocycles. The molecule has 100 valence electrons. The first-order chi connectivity index (χ1) is 9.65. The molecule has 1 aromatic heterocycles. The van der Waals surface area contributed by atoms with Crippen molar-refractivity contribution < 1.29 is 4.92 Å². The minimum absolute atomic E-state index is 0.111. The Morgan fingerprint density at radius 1 is 1.20 bits per heavy atom. The molecule has 0 unspecified atom stereocenters. The van der Waals surface area contributed by atoms with E-state index in [0.29, 0.717) is 5.69 Å². The summed E-state index contributed by atoms with van der Waals surface area (Å²) in [7, 11) is 0. The molecule has 0 amide bonds. The van der Waals surface area contributed by atoms with Gasteiger partial charge in [0.05, 0.1) is 4.92 Å². The highest BCUT2D eigenvalue weighted by atomic mass is 35.5. The normalized spacial score (nSPS) is 10.7. The number of fused-ring (bicyclic) bond motifs is 1. The largest absolute Gasteiger partial charge is 0.350 e. The molecule has 0 fully saturated rings. The van der Waals surface area contributed by atoms with Gasteiger partial charge in [0, 0.05) is 10.4 Å². The van der Waals surface area contributed by atoms with E-state index >= 15 is 0 Å². The molecule has 3 aromatic rings. The number of nitrogens with one attached hydrogen (secondary N) is 1. The van der Waals surface area contributed by atoms with E-state index < -0.39 is 4.92 Å². The summed E-state index contributed by atoms with van der Waals surface area (Å²) in [4.78, 5) is 10.6. The first-order valence-electron chi connectivity index (χ1n) is 5.82. The van der Waals surface area contributed by atoms with Gasteiger partial charge in [0.2, 0.25) is 0 Å². The van der Waals surface area contributed by atoms with Gasteiger partial charge in [-0.1, -0.05) is 17.7 Å². The van der Waals surface area contributed by atoms with Crippen LogP contribution in [0.25, 0.3) is 10.1 Å². The van der Waals surface area contributed by atoms with E-state index in [4.69, 9.17) is 11.6 Å². The minimum Gasteiger partial charge on any atom is -0.350 e. The van der Waals surface area contributed by atoms with Crippen molar-refractivity contribution >= 4 is 50.1 Å². The van der Waals surface area contributed by atoms with Crippen LogP contribution < -0.4 is 5.32 Å². The van der Waals surface area contributed by atoms with Crippen LogP contribution in [0.5, 0.6) is 0 Å². The molecule has 0 aliphatic carbocycles. The Morgan fingerprint density at radius 2 is 2.05 bits per heavy atom. The number of nitrogens with zero attached hydrogens (tertiary/aromatic N) is 1. The SMILES string of the molecule is O=[N+]([O-])c1c(Cl)cccc1Nc1ccc2sccc2c1. The fourth-order valence-electron chi connectivity index (χ4n) is 2.00.